The molecule has 0 radical (unpaired) electrons. The number of nitrogens with zero attached hydrogens (tertiary/aromatic N) is 1. The number of ether oxygens (including phenoxy) is 1. The van der Waals surface area contributed by atoms with Gasteiger partial charge >= 0.3 is 5.97 Å². The molecule has 5 heteroatoms. The number of aliphatic hydroxyl groups excluding tert-OH is 1. The summed E-state index contributed by atoms with van der Waals surface area (Å²) in [7, 11) is 0. The van der Waals surface area contributed by atoms with Gasteiger partial charge in [-0.2, -0.15) is 0 Å². The first-order valence-corrected chi connectivity index (χ1v) is 4.50. The number of carbonyl (C=O) groups excluding carboxylic acids is 2. The van der Waals surface area contributed by atoms with Gasteiger partial charge in [0, 0.05) is 6.54 Å². The van der Waals surface area contributed by atoms with Crippen LogP contribution in [0.2, 0.25) is 0 Å². The van der Waals surface area contributed by atoms with Gasteiger partial charge in [-0.3, -0.25) is 4.79 Å². The number of esters is 1. The van der Waals surface area contributed by atoms with Gasteiger partial charge in [0.15, 0.2) is 5.76 Å². The molecule has 0 saturated heterocycles. The second-order valence-electron chi connectivity index (χ2n) is 2.87. The summed E-state index contributed by atoms with van der Waals surface area (Å²) in [6, 6.07) is 0. The lowest BCUT2D eigenvalue weighted by Crippen LogP contribution is -2.27. The topological polar surface area (TPSA) is 66.8 Å². The molecule has 0 spiro atoms. The molecule has 0 bridgehead atoms. The van der Waals surface area contributed by atoms with Crippen molar-refractivity contribution in [3.8, 4) is 0 Å². The predicted octanol–water partition coefficient (Wildman–Crippen LogP) is 0.224. The van der Waals surface area contributed by atoms with Crippen LogP contribution in [0.3, 0.4) is 0 Å². The van der Waals surface area contributed by atoms with E-state index in [2.05, 4.69) is 0 Å². The summed E-state index contributed by atoms with van der Waals surface area (Å²) in [5, 5.41) is 9.34. The van der Waals surface area contributed by atoms with Gasteiger partial charge in [-0.15, -0.1) is 0 Å². The van der Waals surface area contributed by atoms with Crippen molar-refractivity contribution in [3.63, 3.8) is 0 Å². The Morgan fingerprint density at radius 2 is 2.21 bits per heavy atom. The van der Waals surface area contributed by atoms with Crippen molar-refractivity contribution >= 4 is 11.9 Å². The zero-order valence-corrected chi connectivity index (χ0v) is 8.24. The molecule has 1 N–H and O–H groups in total. The van der Waals surface area contributed by atoms with Crippen LogP contribution < -0.4 is 0 Å². The number of rotatable bonds is 3. The Balaban J connectivity index is 2.80. The van der Waals surface area contributed by atoms with Crippen molar-refractivity contribution in [2.24, 2.45) is 0 Å². The number of carbonyl (C=O) groups is 2. The molecule has 0 saturated carbocycles. The summed E-state index contributed by atoms with van der Waals surface area (Å²) in [4.78, 5) is 23.9. The molecule has 0 aromatic heterocycles. The SMILES string of the molecule is CCOC(=O)C1=C(O)C(=O)N(CC)C1. The first-order chi connectivity index (χ1) is 6.61. The van der Waals surface area contributed by atoms with E-state index in [0.29, 0.717) is 6.54 Å². The molecular formula is C9H13NO4. The van der Waals surface area contributed by atoms with Crippen LogP contribution in [0.5, 0.6) is 0 Å². The minimum absolute atomic E-state index is 0.0544. The summed E-state index contributed by atoms with van der Waals surface area (Å²) in [5.74, 6) is -1.60. The highest BCUT2D eigenvalue weighted by Gasteiger charge is 2.33. The monoisotopic (exact) mass is 199 g/mol. The van der Waals surface area contributed by atoms with Gasteiger partial charge in [-0.25, -0.2) is 4.79 Å². The number of amides is 1. The number of likely N-dealkylation sites (N-methyl/N-ethyl adjacent to an activating group) is 1. The lowest BCUT2D eigenvalue weighted by atomic mass is 10.2. The molecule has 0 fully saturated rings. The number of aliphatic hydroxyl groups is 1. The molecule has 0 aromatic rings. The van der Waals surface area contributed by atoms with Crippen LogP contribution >= 0.6 is 0 Å². The molecule has 5 nitrogen and oxygen atoms in total. The van der Waals surface area contributed by atoms with Crippen LogP contribution in [0.15, 0.2) is 11.3 Å². The van der Waals surface area contributed by atoms with Crippen LogP contribution in [-0.2, 0) is 14.3 Å². The zero-order valence-electron chi connectivity index (χ0n) is 8.24. The summed E-state index contributed by atoms with van der Waals surface area (Å²) < 4.78 is 4.70. The molecule has 1 rings (SSSR count). The summed E-state index contributed by atoms with van der Waals surface area (Å²) in [5.41, 5.74) is 0.0544. The van der Waals surface area contributed by atoms with Crippen molar-refractivity contribution < 1.29 is 19.4 Å². The Morgan fingerprint density at radius 3 is 2.64 bits per heavy atom. The van der Waals surface area contributed by atoms with Gasteiger partial charge in [0.2, 0.25) is 0 Å². The predicted molar refractivity (Wildman–Crippen MR) is 48.5 cm³/mol. The molecule has 1 aliphatic rings. The first kappa shape index (κ1) is 10.6. The van der Waals surface area contributed by atoms with E-state index in [1.807, 2.05) is 0 Å². The zero-order chi connectivity index (χ0) is 10.7. The highest BCUT2D eigenvalue weighted by Crippen LogP contribution is 2.17. The third-order valence-electron chi connectivity index (χ3n) is 2.03. The third-order valence-corrected chi connectivity index (χ3v) is 2.03. The molecule has 0 unspecified atom stereocenters. The number of hydrogen-bond donors (Lipinski definition) is 1. The fraction of sp³-hybridized carbons (Fsp3) is 0.556. The first-order valence-electron chi connectivity index (χ1n) is 4.50. The van der Waals surface area contributed by atoms with Crippen molar-refractivity contribution in [1.82, 2.24) is 4.90 Å². The van der Waals surface area contributed by atoms with Crippen LogP contribution in [-0.4, -0.2) is 41.6 Å². The van der Waals surface area contributed by atoms with Gasteiger partial charge in [0.05, 0.1) is 13.2 Å². The summed E-state index contributed by atoms with van der Waals surface area (Å²) in [6.45, 7) is 4.28. The smallest absolute Gasteiger partial charge is 0.339 e. The minimum atomic E-state index is -0.616. The quantitative estimate of drug-likeness (QED) is 0.660. The Bertz CT molecular complexity index is 295. The summed E-state index contributed by atoms with van der Waals surface area (Å²) >= 11 is 0. The second-order valence-corrected chi connectivity index (χ2v) is 2.87. The molecule has 0 aromatic carbocycles. The van der Waals surface area contributed by atoms with E-state index in [0.717, 1.165) is 0 Å². The lowest BCUT2D eigenvalue weighted by molar-refractivity contribution is -0.138. The van der Waals surface area contributed by atoms with E-state index in [4.69, 9.17) is 4.74 Å². The van der Waals surface area contributed by atoms with E-state index in [9.17, 15) is 14.7 Å². The normalized spacial score (nSPS) is 16.4. The van der Waals surface area contributed by atoms with Crippen LogP contribution in [0.25, 0.3) is 0 Å². The Morgan fingerprint density at radius 1 is 1.57 bits per heavy atom. The second kappa shape index (κ2) is 4.13. The van der Waals surface area contributed by atoms with E-state index >= 15 is 0 Å². The largest absolute Gasteiger partial charge is 0.503 e. The Labute approximate surface area is 82.0 Å². The molecule has 14 heavy (non-hydrogen) atoms. The fourth-order valence-corrected chi connectivity index (χ4v) is 1.25. The summed E-state index contributed by atoms with van der Waals surface area (Å²) in [6.07, 6.45) is 0. The lowest BCUT2D eigenvalue weighted by Gasteiger charge is -2.11. The van der Waals surface area contributed by atoms with Gasteiger partial charge in [-0.1, -0.05) is 0 Å². The van der Waals surface area contributed by atoms with E-state index in [1.54, 1.807) is 13.8 Å². The highest BCUT2D eigenvalue weighted by molar-refractivity contribution is 6.04. The highest BCUT2D eigenvalue weighted by atomic mass is 16.5. The van der Waals surface area contributed by atoms with Gasteiger partial charge in [0.1, 0.15) is 5.57 Å². The maximum Gasteiger partial charge on any atom is 0.339 e. The maximum atomic E-state index is 11.3. The van der Waals surface area contributed by atoms with Gasteiger partial charge in [0.25, 0.3) is 5.91 Å². The molecular weight excluding hydrogens is 186 g/mol. The molecule has 0 aliphatic carbocycles. The Kier molecular flexibility index (Phi) is 3.11. The molecule has 0 atom stereocenters. The maximum absolute atomic E-state index is 11.3. The number of hydrogen-bond acceptors (Lipinski definition) is 4. The van der Waals surface area contributed by atoms with E-state index in [1.165, 1.54) is 4.90 Å². The molecule has 78 valence electrons. The molecule has 1 heterocycles. The van der Waals surface area contributed by atoms with Crippen molar-refractivity contribution in [2.75, 3.05) is 19.7 Å². The van der Waals surface area contributed by atoms with Crippen LogP contribution in [0.1, 0.15) is 13.8 Å². The third kappa shape index (κ3) is 1.71. The average molecular weight is 199 g/mol. The fourth-order valence-electron chi connectivity index (χ4n) is 1.25. The van der Waals surface area contributed by atoms with Crippen molar-refractivity contribution in [2.45, 2.75) is 13.8 Å². The molecule has 1 amide bonds. The van der Waals surface area contributed by atoms with Crippen LogP contribution in [0.4, 0.5) is 0 Å². The van der Waals surface area contributed by atoms with Crippen LogP contribution in [0, 0.1) is 0 Å². The minimum Gasteiger partial charge on any atom is -0.503 e. The Hall–Kier alpha value is -1.52. The van der Waals surface area contributed by atoms with Crippen molar-refractivity contribution in [1.29, 1.82) is 0 Å². The van der Waals surface area contributed by atoms with Gasteiger partial charge in [-0.05, 0) is 13.8 Å². The standard InChI is InChI=1S/C9H13NO4/c1-3-10-5-6(7(11)8(10)12)9(13)14-4-2/h11H,3-5H2,1-2H3. The average Bonchev–Trinajstić information content (AvgIpc) is 2.44. The van der Waals surface area contributed by atoms with E-state index in [-0.39, 0.29) is 18.7 Å². The molecule has 1 aliphatic heterocycles. The van der Waals surface area contributed by atoms with Gasteiger partial charge < -0.3 is 14.7 Å². The van der Waals surface area contributed by atoms with E-state index < -0.39 is 17.6 Å². The van der Waals surface area contributed by atoms with Crippen molar-refractivity contribution in [3.05, 3.63) is 11.3 Å².